The van der Waals surface area contributed by atoms with E-state index in [0.29, 0.717) is 5.88 Å². The minimum absolute atomic E-state index is 0.597. The number of halogens is 1. The number of imidazole rings is 1. The van der Waals surface area contributed by atoms with E-state index in [9.17, 15) is 0 Å². The van der Waals surface area contributed by atoms with E-state index in [1.165, 1.54) is 0 Å². The summed E-state index contributed by atoms with van der Waals surface area (Å²) in [4.78, 5) is 6.99. The molecule has 0 bridgehead atoms. The molecule has 2 aromatic heterocycles. The molecule has 2 rings (SSSR count). The molecule has 0 N–H and O–H groups in total. The number of rotatable bonds is 6. The molecule has 0 fully saturated rings. The first-order valence-corrected chi connectivity index (χ1v) is 7.25. The van der Waals surface area contributed by atoms with Gasteiger partial charge in [0.05, 0.1) is 5.69 Å². The molecular weight excluding hydrogens is 262 g/mol. The lowest BCUT2D eigenvalue weighted by molar-refractivity contribution is 0.334. The highest BCUT2D eigenvalue weighted by atomic mass is 35.5. The number of aryl methyl sites for hydroxylation is 3. The van der Waals surface area contributed by atoms with E-state index in [4.69, 9.17) is 16.6 Å². The zero-order chi connectivity index (χ0) is 14.0. The van der Waals surface area contributed by atoms with Gasteiger partial charge in [-0.05, 0) is 20.5 Å². The predicted molar refractivity (Wildman–Crippen MR) is 78.8 cm³/mol. The lowest BCUT2D eigenvalue weighted by atomic mass is 10.4. The zero-order valence-electron chi connectivity index (χ0n) is 12.1. The largest absolute Gasteiger partial charge is 0.312 e. The highest BCUT2D eigenvalue weighted by Gasteiger charge is 2.16. The van der Waals surface area contributed by atoms with Gasteiger partial charge in [-0.1, -0.05) is 6.92 Å². The van der Waals surface area contributed by atoms with Gasteiger partial charge in [0, 0.05) is 32.4 Å². The topological polar surface area (TPSA) is 38.9 Å². The Bertz CT molecular complexity index is 557. The van der Waals surface area contributed by atoms with Gasteiger partial charge in [-0.2, -0.15) is 5.10 Å². The second-order valence-electron chi connectivity index (χ2n) is 4.90. The third-order valence-corrected chi connectivity index (χ3v) is 3.72. The standard InChI is InChI=1S/C13H22ClN5/c1-5-17(3)8-9-19-11(6-7-14)15-12-10(2)16-18(4)13(12)19/h5-9H2,1-4H3. The van der Waals surface area contributed by atoms with Crippen LogP contribution in [0.4, 0.5) is 0 Å². The van der Waals surface area contributed by atoms with Gasteiger partial charge in [0.25, 0.3) is 0 Å². The van der Waals surface area contributed by atoms with Gasteiger partial charge in [-0.25, -0.2) is 4.98 Å². The van der Waals surface area contributed by atoms with Crippen LogP contribution in [0.15, 0.2) is 0 Å². The monoisotopic (exact) mass is 283 g/mol. The number of fused-ring (bicyclic) bond motifs is 1. The molecule has 106 valence electrons. The van der Waals surface area contributed by atoms with Crippen molar-refractivity contribution in [3.63, 3.8) is 0 Å². The summed E-state index contributed by atoms with van der Waals surface area (Å²) < 4.78 is 4.17. The summed E-state index contributed by atoms with van der Waals surface area (Å²) in [5.74, 6) is 1.66. The molecule has 0 aliphatic rings. The van der Waals surface area contributed by atoms with Gasteiger partial charge >= 0.3 is 0 Å². The molecule has 0 aliphatic carbocycles. The summed E-state index contributed by atoms with van der Waals surface area (Å²) in [6, 6.07) is 0. The van der Waals surface area contributed by atoms with Crippen LogP contribution in [0.3, 0.4) is 0 Å². The molecular formula is C13H22ClN5. The van der Waals surface area contributed by atoms with Gasteiger partial charge in [0.15, 0.2) is 5.65 Å². The van der Waals surface area contributed by atoms with Crippen molar-refractivity contribution in [1.29, 1.82) is 0 Å². The van der Waals surface area contributed by atoms with Gasteiger partial charge in [0.1, 0.15) is 11.3 Å². The molecule has 2 aromatic rings. The maximum Gasteiger partial charge on any atom is 0.158 e. The molecule has 0 saturated heterocycles. The van der Waals surface area contributed by atoms with Crippen LogP contribution >= 0.6 is 11.6 Å². The Labute approximate surface area is 119 Å². The number of hydrogen-bond acceptors (Lipinski definition) is 3. The summed E-state index contributed by atoms with van der Waals surface area (Å²) in [5.41, 5.74) is 3.08. The maximum absolute atomic E-state index is 5.89. The molecule has 0 unspecified atom stereocenters. The van der Waals surface area contributed by atoms with Crippen LogP contribution in [0, 0.1) is 6.92 Å². The van der Waals surface area contributed by atoms with Gasteiger partial charge < -0.3 is 9.47 Å². The Morgan fingerprint density at radius 3 is 2.74 bits per heavy atom. The first-order chi connectivity index (χ1) is 9.08. The predicted octanol–water partition coefficient (Wildman–Crippen LogP) is 1.81. The fourth-order valence-corrected chi connectivity index (χ4v) is 2.49. The zero-order valence-corrected chi connectivity index (χ0v) is 12.9. The Hall–Kier alpha value is -1.07. The van der Waals surface area contributed by atoms with E-state index in [1.807, 2.05) is 18.7 Å². The molecule has 0 radical (unpaired) electrons. The number of likely N-dealkylation sites (N-methyl/N-ethyl adjacent to an activating group) is 1. The number of aromatic nitrogens is 4. The summed E-state index contributed by atoms with van der Waals surface area (Å²) in [6.45, 7) is 7.14. The average molecular weight is 284 g/mol. The van der Waals surface area contributed by atoms with E-state index in [2.05, 4.69) is 28.5 Å². The van der Waals surface area contributed by atoms with E-state index in [1.54, 1.807) is 0 Å². The van der Waals surface area contributed by atoms with Crippen LogP contribution in [-0.4, -0.2) is 50.2 Å². The maximum atomic E-state index is 5.89. The molecule has 0 aromatic carbocycles. The summed E-state index contributed by atoms with van der Waals surface area (Å²) >= 11 is 5.89. The van der Waals surface area contributed by atoms with Gasteiger partial charge in [0.2, 0.25) is 0 Å². The van der Waals surface area contributed by atoms with Crippen molar-refractivity contribution < 1.29 is 0 Å². The van der Waals surface area contributed by atoms with Crippen LogP contribution < -0.4 is 0 Å². The van der Waals surface area contributed by atoms with E-state index >= 15 is 0 Å². The molecule has 0 atom stereocenters. The SMILES string of the molecule is CCN(C)CCn1c(CCCl)nc2c(C)nn(C)c21. The number of nitrogens with zero attached hydrogens (tertiary/aromatic N) is 5. The lowest BCUT2D eigenvalue weighted by Crippen LogP contribution is -2.24. The smallest absolute Gasteiger partial charge is 0.158 e. The van der Waals surface area contributed by atoms with Crippen molar-refractivity contribution >= 4 is 22.8 Å². The van der Waals surface area contributed by atoms with Crippen LogP contribution in [0.1, 0.15) is 18.4 Å². The Morgan fingerprint density at radius 1 is 1.37 bits per heavy atom. The van der Waals surface area contributed by atoms with E-state index in [0.717, 1.165) is 48.7 Å². The quantitative estimate of drug-likeness (QED) is 0.759. The number of hydrogen-bond donors (Lipinski definition) is 0. The number of alkyl halides is 1. The summed E-state index contributed by atoms with van der Waals surface area (Å²) in [6.07, 6.45) is 0.797. The second kappa shape index (κ2) is 5.92. The van der Waals surface area contributed by atoms with Crippen molar-refractivity contribution in [3.05, 3.63) is 11.5 Å². The molecule has 0 aliphatic heterocycles. The summed E-state index contributed by atoms with van der Waals surface area (Å²) in [5, 5.41) is 4.45. The molecule has 0 spiro atoms. The molecule has 19 heavy (non-hydrogen) atoms. The first kappa shape index (κ1) is 14.3. The van der Waals surface area contributed by atoms with E-state index in [-0.39, 0.29) is 0 Å². The molecule has 5 nitrogen and oxygen atoms in total. The highest BCUT2D eigenvalue weighted by Crippen LogP contribution is 2.19. The van der Waals surface area contributed by atoms with Crippen molar-refractivity contribution in [1.82, 2.24) is 24.2 Å². The van der Waals surface area contributed by atoms with Crippen molar-refractivity contribution in [2.75, 3.05) is 26.0 Å². The Balaban J connectivity index is 2.39. The van der Waals surface area contributed by atoms with Crippen LogP contribution in [0.5, 0.6) is 0 Å². The average Bonchev–Trinajstić information content (AvgIpc) is 2.87. The normalized spacial score (nSPS) is 11.9. The van der Waals surface area contributed by atoms with Crippen LogP contribution in [-0.2, 0) is 20.0 Å². The van der Waals surface area contributed by atoms with Crippen LogP contribution in [0.2, 0.25) is 0 Å². The molecule has 0 saturated carbocycles. The highest BCUT2D eigenvalue weighted by molar-refractivity contribution is 6.17. The lowest BCUT2D eigenvalue weighted by Gasteiger charge is -2.16. The van der Waals surface area contributed by atoms with Crippen molar-refractivity contribution in [2.45, 2.75) is 26.8 Å². The molecule has 6 heteroatoms. The van der Waals surface area contributed by atoms with Gasteiger partial charge in [-0.3, -0.25) is 4.68 Å². The molecule has 0 amide bonds. The van der Waals surface area contributed by atoms with Crippen molar-refractivity contribution in [3.8, 4) is 0 Å². The summed E-state index contributed by atoms with van der Waals surface area (Å²) in [7, 11) is 4.10. The third kappa shape index (κ3) is 2.77. The van der Waals surface area contributed by atoms with Crippen LogP contribution in [0.25, 0.3) is 11.2 Å². The minimum Gasteiger partial charge on any atom is -0.312 e. The fourth-order valence-electron chi connectivity index (χ4n) is 2.32. The third-order valence-electron chi connectivity index (χ3n) is 3.53. The molecule has 2 heterocycles. The Kier molecular flexibility index (Phi) is 4.47. The fraction of sp³-hybridized carbons (Fsp3) is 0.692. The Morgan fingerprint density at radius 2 is 2.11 bits per heavy atom. The van der Waals surface area contributed by atoms with E-state index < -0.39 is 0 Å². The first-order valence-electron chi connectivity index (χ1n) is 6.71. The second-order valence-corrected chi connectivity index (χ2v) is 5.27. The minimum atomic E-state index is 0.597. The van der Waals surface area contributed by atoms with Gasteiger partial charge in [-0.15, -0.1) is 11.6 Å². The van der Waals surface area contributed by atoms with Crippen molar-refractivity contribution in [2.24, 2.45) is 7.05 Å².